The number of thiophene rings is 1. The van der Waals surface area contributed by atoms with Crippen LogP contribution in [0.2, 0.25) is 0 Å². The lowest BCUT2D eigenvalue weighted by molar-refractivity contribution is 0.381. The highest BCUT2D eigenvalue weighted by molar-refractivity contribution is 7.89. The Balaban J connectivity index is 1.89. The summed E-state index contributed by atoms with van der Waals surface area (Å²) in [5, 5.41) is 5.05. The van der Waals surface area contributed by atoms with Crippen LogP contribution in [-0.2, 0) is 16.6 Å². The van der Waals surface area contributed by atoms with Crippen molar-refractivity contribution in [2.45, 2.75) is 44.0 Å². The van der Waals surface area contributed by atoms with Crippen molar-refractivity contribution in [1.29, 1.82) is 0 Å². The molecule has 1 heterocycles. The molecule has 4 nitrogen and oxygen atoms in total. The van der Waals surface area contributed by atoms with Gasteiger partial charge in [0.15, 0.2) is 0 Å². The number of aryl methyl sites for hydroxylation is 1. The van der Waals surface area contributed by atoms with Crippen LogP contribution in [0.3, 0.4) is 0 Å². The van der Waals surface area contributed by atoms with Gasteiger partial charge < -0.3 is 5.32 Å². The molecule has 1 aromatic rings. The molecule has 0 amide bonds. The average Bonchev–Trinajstić information content (AvgIpc) is 3.32. The molecule has 118 valence electrons. The van der Waals surface area contributed by atoms with Crippen LogP contribution in [0, 0.1) is 18.8 Å². The molecule has 0 saturated heterocycles. The Kier molecular flexibility index (Phi) is 4.41. The van der Waals surface area contributed by atoms with E-state index in [9.17, 15) is 8.42 Å². The van der Waals surface area contributed by atoms with Gasteiger partial charge in [-0.2, -0.15) is 4.31 Å². The number of sulfonamides is 1. The predicted octanol–water partition coefficient (Wildman–Crippen LogP) is 2.59. The van der Waals surface area contributed by atoms with Crippen LogP contribution >= 0.6 is 11.3 Å². The summed E-state index contributed by atoms with van der Waals surface area (Å²) in [6, 6.07) is 0. The van der Waals surface area contributed by atoms with Crippen molar-refractivity contribution >= 4 is 21.4 Å². The summed E-state index contributed by atoms with van der Waals surface area (Å²) in [4.78, 5) is 1.50. The molecule has 3 rings (SSSR count). The van der Waals surface area contributed by atoms with Gasteiger partial charge >= 0.3 is 0 Å². The average molecular weight is 329 g/mol. The van der Waals surface area contributed by atoms with E-state index in [4.69, 9.17) is 0 Å². The van der Waals surface area contributed by atoms with Gasteiger partial charge in [0, 0.05) is 24.5 Å². The van der Waals surface area contributed by atoms with E-state index < -0.39 is 10.0 Å². The zero-order chi connectivity index (χ0) is 15.0. The number of nitrogens with one attached hydrogen (secondary N) is 1. The molecular formula is C15H24N2O2S2. The molecule has 0 unspecified atom stereocenters. The fraction of sp³-hybridized carbons (Fsp3) is 0.733. The highest BCUT2D eigenvalue weighted by Gasteiger charge is 2.37. The quantitative estimate of drug-likeness (QED) is 0.798. The normalized spacial score (nSPS) is 19.4. The second kappa shape index (κ2) is 5.99. The summed E-state index contributed by atoms with van der Waals surface area (Å²) in [6.45, 7) is 3.96. The van der Waals surface area contributed by atoms with E-state index in [1.54, 1.807) is 15.6 Å². The van der Waals surface area contributed by atoms with Crippen LogP contribution in [0.25, 0.3) is 0 Å². The SMILES string of the molecule is CNCc1scc(C)c1S(=O)(=O)N(CC1CC1)CC1CC1. The maximum absolute atomic E-state index is 13.1. The first-order valence-electron chi connectivity index (χ1n) is 7.74. The third kappa shape index (κ3) is 3.50. The molecular weight excluding hydrogens is 304 g/mol. The lowest BCUT2D eigenvalue weighted by Gasteiger charge is -2.23. The van der Waals surface area contributed by atoms with Crippen molar-refractivity contribution in [3.05, 3.63) is 15.8 Å². The minimum Gasteiger partial charge on any atom is -0.315 e. The lowest BCUT2D eigenvalue weighted by Crippen LogP contribution is -2.35. The third-order valence-electron chi connectivity index (χ3n) is 4.24. The highest BCUT2D eigenvalue weighted by Crippen LogP contribution is 2.37. The fourth-order valence-electron chi connectivity index (χ4n) is 2.69. The Hall–Kier alpha value is -0.430. The molecule has 0 atom stereocenters. The molecule has 2 aliphatic carbocycles. The second-order valence-corrected chi connectivity index (χ2v) is 9.25. The Morgan fingerprint density at radius 3 is 2.29 bits per heavy atom. The van der Waals surface area contributed by atoms with Crippen molar-refractivity contribution in [1.82, 2.24) is 9.62 Å². The van der Waals surface area contributed by atoms with Crippen molar-refractivity contribution in [3.63, 3.8) is 0 Å². The third-order valence-corrected chi connectivity index (χ3v) is 7.54. The van der Waals surface area contributed by atoms with Crippen LogP contribution in [0.1, 0.15) is 36.1 Å². The molecule has 0 aromatic carbocycles. The first-order valence-corrected chi connectivity index (χ1v) is 10.1. The molecule has 2 aliphatic rings. The molecule has 0 spiro atoms. The van der Waals surface area contributed by atoms with Crippen molar-refractivity contribution in [2.75, 3.05) is 20.1 Å². The van der Waals surface area contributed by atoms with Gasteiger partial charge in [0.1, 0.15) is 4.90 Å². The molecule has 21 heavy (non-hydrogen) atoms. The molecule has 0 radical (unpaired) electrons. The Morgan fingerprint density at radius 2 is 1.81 bits per heavy atom. The maximum atomic E-state index is 13.1. The maximum Gasteiger partial charge on any atom is 0.244 e. The number of hydrogen-bond acceptors (Lipinski definition) is 4. The van der Waals surface area contributed by atoms with Gasteiger partial charge in [-0.15, -0.1) is 11.3 Å². The first-order chi connectivity index (χ1) is 10.0. The molecule has 2 saturated carbocycles. The number of nitrogens with zero attached hydrogens (tertiary/aromatic N) is 1. The van der Waals surface area contributed by atoms with E-state index in [2.05, 4.69) is 5.32 Å². The predicted molar refractivity (Wildman–Crippen MR) is 86.0 cm³/mol. The van der Waals surface area contributed by atoms with Crippen LogP contribution in [0.4, 0.5) is 0 Å². The van der Waals surface area contributed by atoms with E-state index in [1.165, 1.54) is 25.7 Å². The number of rotatable bonds is 8. The smallest absolute Gasteiger partial charge is 0.244 e. The van der Waals surface area contributed by atoms with Crippen LogP contribution < -0.4 is 5.32 Å². The van der Waals surface area contributed by atoms with Crippen molar-refractivity contribution < 1.29 is 8.42 Å². The first kappa shape index (κ1) is 15.5. The van der Waals surface area contributed by atoms with Gasteiger partial charge in [0.2, 0.25) is 10.0 Å². The van der Waals surface area contributed by atoms with Crippen molar-refractivity contribution in [2.24, 2.45) is 11.8 Å². The molecule has 1 aromatic heterocycles. The molecule has 2 fully saturated rings. The van der Waals surface area contributed by atoms with Crippen molar-refractivity contribution in [3.8, 4) is 0 Å². The lowest BCUT2D eigenvalue weighted by atomic mass is 10.3. The fourth-order valence-corrected chi connectivity index (χ4v) is 6.06. The van der Waals surface area contributed by atoms with Gasteiger partial charge in [0.05, 0.1) is 0 Å². The standard InChI is InChI=1S/C15H24N2O2S2/c1-11-10-20-14(7-16-2)15(11)21(18,19)17(8-12-3-4-12)9-13-5-6-13/h10,12-13,16H,3-9H2,1-2H3. The van der Waals surface area contributed by atoms with Crippen LogP contribution in [-0.4, -0.2) is 32.9 Å². The largest absolute Gasteiger partial charge is 0.315 e. The van der Waals surface area contributed by atoms with E-state index in [1.807, 2.05) is 19.4 Å². The van der Waals surface area contributed by atoms with E-state index in [-0.39, 0.29) is 0 Å². The molecule has 0 bridgehead atoms. The van der Waals surface area contributed by atoms with Gasteiger partial charge in [-0.3, -0.25) is 0 Å². The van der Waals surface area contributed by atoms with Crippen LogP contribution in [0.15, 0.2) is 10.3 Å². The summed E-state index contributed by atoms with van der Waals surface area (Å²) in [5.41, 5.74) is 0.891. The number of hydrogen-bond donors (Lipinski definition) is 1. The van der Waals surface area contributed by atoms with Gasteiger partial charge in [-0.25, -0.2) is 8.42 Å². The topological polar surface area (TPSA) is 49.4 Å². The Labute approximate surface area is 131 Å². The molecule has 6 heteroatoms. The monoisotopic (exact) mass is 328 g/mol. The molecule has 1 N–H and O–H groups in total. The zero-order valence-corrected chi connectivity index (χ0v) is 14.4. The minimum absolute atomic E-state index is 0.558. The van der Waals surface area contributed by atoms with E-state index >= 15 is 0 Å². The summed E-state index contributed by atoms with van der Waals surface area (Å²) >= 11 is 1.55. The summed E-state index contributed by atoms with van der Waals surface area (Å²) < 4.78 is 28.1. The van der Waals surface area contributed by atoms with E-state index in [0.29, 0.717) is 36.4 Å². The zero-order valence-electron chi connectivity index (χ0n) is 12.8. The Morgan fingerprint density at radius 1 is 1.24 bits per heavy atom. The van der Waals surface area contributed by atoms with Gasteiger partial charge in [0.25, 0.3) is 0 Å². The minimum atomic E-state index is -3.35. The summed E-state index contributed by atoms with van der Waals surface area (Å²) in [7, 11) is -1.49. The Bertz CT molecular complexity index is 587. The van der Waals surface area contributed by atoms with E-state index in [0.717, 1.165) is 10.4 Å². The molecule has 0 aliphatic heterocycles. The van der Waals surface area contributed by atoms with Gasteiger partial charge in [-0.05, 0) is 62.4 Å². The van der Waals surface area contributed by atoms with Gasteiger partial charge in [-0.1, -0.05) is 0 Å². The summed E-state index contributed by atoms with van der Waals surface area (Å²) in [6.07, 6.45) is 4.73. The van der Waals surface area contributed by atoms with Crippen LogP contribution in [0.5, 0.6) is 0 Å². The highest BCUT2D eigenvalue weighted by atomic mass is 32.2. The summed E-state index contributed by atoms with van der Waals surface area (Å²) in [5.74, 6) is 1.18. The second-order valence-electron chi connectivity index (χ2n) is 6.41.